The van der Waals surface area contributed by atoms with Crippen LogP contribution in [0.5, 0.6) is 0 Å². The molecule has 0 saturated heterocycles. The third-order valence-electron chi connectivity index (χ3n) is 1.31. The van der Waals surface area contributed by atoms with E-state index in [1.807, 2.05) is 13.8 Å². The van der Waals surface area contributed by atoms with Gasteiger partial charge in [-0.25, -0.2) is 0 Å². The molecule has 2 nitrogen and oxygen atoms in total. The van der Waals surface area contributed by atoms with E-state index in [1.54, 1.807) is 0 Å². The number of carbonyl (C=O) groups excluding carboxylic acids is 2. The Morgan fingerprint density at radius 1 is 1.00 bits per heavy atom. The van der Waals surface area contributed by atoms with Crippen LogP contribution in [0.25, 0.3) is 0 Å². The van der Waals surface area contributed by atoms with Crippen LogP contribution in [0.2, 0.25) is 0 Å². The molecule has 0 spiro atoms. The molecule has 0 aromatic rings. The Morgan fingerprint density at radius 2 is 1.40 bits per heavy atom. The monoisotopic (exact) mass is 142 g/mol. The number of ketones is 2. The van der Waals surface area contributed by atoms with Crippen LogP contribution in [-0.2, 0) is 9.59 Å². The number of carbonyl (C=O) groups is 2. The molecule has 0 radical (unpaired) electrons. The highest BCUT2D eigenvalue weighted by Crippen LogP contribution is 2.09. The van der Waals surface area contributed by atoms with E-state index >= 15 is 0 Å². The first-order valence-electron chi connectivity index (χ1n) is 3.82. The summed E-state index contributed by atoms with van der Waals surface area (Å²) in [5.74, 6) is 0.225. The maximum absolute atomic E-state index is 10.5. The average Bonchev–Trinajstić information content (AvgIpc) is 1.91. The fraction of sp³-hybridized carbons (Fsp3) is 0.750. The lowest BCUT2D eigenvalue weighted by Crippen LogP contribution is -2.13. The maximum atomic E-state index is 10.5. The lowest BCUT2D eigenvalue weighted by Gasteiger charge is -2.04. The third kappa shape index (κ3) is 3.38. The SMILES string of the molecule is CC.O=C1CCCC(=O)C1. The molecule has 0 aliphatic heterocycles. The van der Waals surface area contributed by atoms with E-state index < -0.39 is 0 Å². The van der Waals surface area contributed by atoms with Gasteiger partial charge in [0, 0.05) is 12.8 Å². The molecule has 0 atom stereocenters. The van der Waals surface area contributed by atoms with Crippen LogP contribution in [-0.4, -0.2) is 11.6 Å². The van der Waals surface area contributed by atoms with Crippen LogP contribution >= 0.6 is 0 Å². The highest BCUT2D eigenvalue weighted by atomic mass is 16.1. The molecule has 1 saturated carbocycles. The second-order valence-corrected chi connectivity index (χ2v) is 2.11. The summed E-state index contributed by atoms with van der Waals surface area (Å²) in [6.45, 7) is 4.00. The van der Waals surface area contributed by atoms with Gasteiger partial charge in [-0.05, 0) is 6.42 Å². The minimum Gasteiger partial charge on any atom is -0.299 e. The van der Waals surface area contributed by atoms with E-state index in [0.717, 1.165) is 6.42 Å². The Hall–Kier alpha value is -0.660. The third-order valence-corrected chi connectivity index (χ3v) is 1.31. The van der Waals surface area contributed by atoms with Gasteiger partial charge in [-0.3, -0.25) is 9.59 Å². The van der Waals surface area contributed by atoms with Gasteiger partial charge in [-0.2, -0.15) is 0 Å². The molecule has 0 N–H and O–H groups in total. The minimum absolute atomic E-state index is 0.112. The zero-order valence-electron chi connectivity index (χ0n) is 6.64. The molecule has 0 heterocycles. The largest absolute Gasteiger partial charge is 0.299 e. The predicted octanol–water partition coefficient (Wildman–Crippen LogP) is 1.72. The summed E-state index contributed by atoms with van der Waals surface area (Å²) < 4.78 is 0. The number of rotatable bonds is 0. The molecule has 58 valence electrons. The van der Waals surface area contributed by atoms with E-state index in [1.165, 1.54) is 0 Å². The van der Waals surface area contributed by atoms with Gasteiger partial charge in [0.1, 0.15) is 11.6 Å². The highest BCUT2D eigenvalue weighted by molar-refractivity contribution is 6.01. The second-order valence-electron chi connectivity index (χ2n) is 2.11. The fourth-order valence-corrected chi connectivity index (χ4v) is 0.879. The Labute approximate surface area is 61.6 Å². The molecule has 1 fully saturated rings. The molecular weight excluding hydrogens is 128 g/mol. The molecule has 10 heavy (non-hydrogen) atoms. The highest BCUT2D eigenvalue weighted by Gasteiger charge is 2.14. The summed E-state index contributed by atoms with van der Waals surface area (Å²) in [4.78, 5) is 20.9. The molecule has 0 unspecified atom stereocenters. The van der Waals surface area contributed by atoms with Crippen molar-refractivity contribution in [3.05, 3.63) is 0 Å². The lowest BCUT2D eigenvalue weighted by molar-refractivity contribution is -0.129. The summed E-state index contributed by atoms with van der Waals surface area (Å²) in [6, 6.07) is 0. The van der Waals surface area contributed by atoms with Crippen LogP contribution in [0.15, 0.2) is 0 Å². The summed E-state index contributed by atoms with van der Waals surface area (Å²) in [7, 11) is 0. The first-order chi connectivity index (χ1) is 4.79. The zero-order valence-corrected chi connectivity index (χ0v) is 6.64. The Kier molecular flexibility index (Phi) is 4.81. The summed E-state index contributed by atoms with van der Waals surface area (Å²) in [5, 5.41) is 0. The van der Waals surface area contributed by atoms with Crippen LogP contribution in [0.3, 0.4) is 0 Å². The van der Waals surface area contributed by atoms with E-state index in [2.05, 4.69) is 0 Å². The van der Waals surface area contributed by atoms with Crippen molar-refractivity contribution < 1.29 is 9.59 Å². The van der Waals surface area contributed by atoms with Crippen LogP contribution in [0, 0.1) is 0 Å². The van der Waals surface area contributed by atoms with Crippen LogP contribution in [0.4, 0.5) is 0 Å². The molecule has 0 bridgehead atoms. The molecule has 1 rings (SSSR count). The fourth-order valence-electron chi connectivity index (χ4n) is 0.879. The normalized spacial score (nSPS) is 17.8. The van der Waals surface area contributed by atoms with Crippen molar-refractivity contribution in [1.29, 1.82) is 0 Å². The first-order valence-corrected chi connectivity index (χ1v) is 3.82. The summed E-state index contributed by atoms with van der Waals surface area (Å²) in [5.41, 5.74) is 0. The summed E-state index contributed by atoms with van der Waals surface area (Å²) >= 11 is 0. The Bertz CT molecular complexity index is 113. The Morgan fingerprint density at radius 3 is 1.60 bits per heavy atom. The van der Waals surface area contributed by atoms with Gasteiger partial charge in [-0.15, -0.1) is 0 Å². The van der Waals surface area contributed by atoms with Crippen molar-refractivity contribution >= 4 is 11.6 Å². The van der Waals surface area contributed by atoms with Gasteiger partial charge < -0.3 is 0 Å². The minimum atomic E-state index is 0.112. The second kappa shape index (κ2) is 5.15. The molecule has 0 aromatic heterocycles. The van der Waals surface area contributed by atoms with Gasteiger partial charge in [0.05, 0.1) is 6.42 Å². The van der Waals surface area contributed by atoms with E-state index in [9.17, 15) is 9.59 Å². The smallest absolute Gasteiger partial charge is 0.140 e. The van der Waals surface area contributed by atoms with E-state index in [4.69, 9.17) is 0 Å². The van der Waals surface area contributed by atoms with Crippen LogP contribution in [0.1, 0.15) is 39.5 Å². The Balaban J connectivity index is 0.000000371. The molecule has 2 heteroatoms. The molecule has 0 amide bonds. The van der Waals surface area contributed by atoms with Crippen LogP contribution < -0.4 is 0 Å². The van der Waals surface area contributed by atoms with Crippen molar-refractivity contribution in [2.75, 3.05) is 0 Å². The predicted molar refractivity (Wildman–Crippen MR) is 39.8 cm³/mol. The van der Waals surface area contributed by atoms with Crippen molar-refractivity contribution in [2.24, 2.45) is 0 Å². The standard InChI is InChI=1S/C6H8O2.C2H6/c7-5-2-1-3-6(8)4-5;1-2/h1-4H2;1-2H3. The average molecular weight is 142 g/mol. The number of Topliss-reactive ketones (excluding diaryl/α,β-unsaturated/α-hetero) is 2. The molecule has 1 aliphatic carbocycles. The molecular formula is C8H14O2. The van der Waals surface area contributed by atoms with E-state index in [-0.39, 0.29) is 18.0 Å². The van der Waals surface area contributed by atoms with Gasteiger partial charge >= 0.3 is 0 Å². The van der Waals surface area contributed by atoms with Crippen molar-refractivity contribution in [3.63, 3.8) is 0 Å². The van der Waals surface area contributed by atoms with Crippen molar-refractivity contribution in [2.45, 2.75) is 39.5 Å². The van der Waals surface area contributed by atoms with Gasteiger partial charge in [0.15, 0.2) is 0 Å². The quantitative estimate of drug-likeness (QED) is 0.482. The zero-order chi connectivity index (χ0) is 7.98. The van der Waals surface area contributed by atoms with Crippen molar-refractivity contribution in [1.82, 2.24) is 0 Å². The molecule has 0 aromatic carbocycles. The summed E-state index contributed by atoms with van der Waals surface area (Å²) in [6.07, 6.45) is 2.20. The lowest BCUT2D eigenvalue weighted by atomic mass is 9.98. The first kappa shape index (κ1) is 9.34. The topological polar surface area (TPSA) is 34.1 Å². The molecule has 1 aliphatic rings. The van der Waals surface area contributed by atoms with Gasteiger partial charge in [0.2, 0.25) is 0 Å². The van der Waals surface area contributed by atoms with Crippen molar-refractivity contribution in [3.8, 4) is 0 Å². The van der Waals surface area contributed by atoms with Gasteiger partial charge in [0.25, 0.3) is 0 Å². The number of hydrogen-bond donors (Lipinski definition) is 0. The maximum Gasteiger partial charge on any atom is 0.140 e. The number of hydrogen-bond acceptors (Lipinski definition) is 2. The van der Waals surface area contributed by atoms with E-state index in [0.29, 0.717) is 12.8 Å². The van der Waals surface area contributed by atoms with Gasteiger partial charge in [-0.1, -0.05) is 13.8 Å².